The number of aliphatic hydroxyl groups excluding tert-OH is 1. The summed E-state index contributed by atoms with van der Waals surface area (Å²) in [4.78, 5) is 21.8. The molecule has 0 aliphatic carbocycles. The quantitative estimate of drug-likeness (QED) is 0.0472. The maximum absolute atomic E-state index is 11.0. The van der Waals surface area contributed by atoms with Crippen LogP contribution in [0.5, 0.6) is 28.7 Å². The van der Waals surface area contributed by atoms with Gasteiger partial charge in [0.1, 0.15) is 51.1 Å². The van der Waals surface area contributed by atoms with Crippen molar-refractivity contribution in [1.29, 1.82) is 0 Å². The number of carboxylic acids is 1. The number of fused-ring (bicyclic) bond motifs is 4. The number of benzene rings is 5. The third-order valence-corrected chi connectivity index (χ3v) is 11.9. The van der Waals surface area contributed by atoms with Gasteiger partial charge in [0.15, 0.2) is 17.4 Å². The number of aromatic hydroxyl groups is 1. The van der Waals surface area contributed by atoms with Crippen molar-refractivity contribution in [2.45, 2.75) is 168 Å². The van der Waals surface area contributed by atoms with E-state index in [1.807, 2.05) is 74.5 Å². The molecule has 20 heteroatoms. The van der Waals surface area contributed by atoms with Gasteiger partial charge in [-0.3, -0.25) is 13.9 Å². The summed E-state index contributed by atoms with van der Waals surface area (Å²) in [6, 6.07) is 34.4. The number of unbranched alkanes of at least 4 members (excludes halogenated alkanes) is 1. The van der Waals surface area contributed by atoms with Crippen LogP contribution in [0.3, 0.4) is 0 Å². The van der Waals surface area contributed by atoms with Crippen LogP contribution in [0.15, 0.2) is 109 Å². The number of para-hydroxylation sites is 5. The van der Waals surface area contributed by atoms with Crippen molar-refractivity contribution in [1.82, 2.24) is 0 Å². The molecule has 0 aromatic heterocycles. The Bertz CT molecular complexity index is 2690. The number of carboxylic acid groups (broad SMARTS) is 1. The summed E-state index contributed by atoms with van der Waals surface area (Å²) in [5, 5.41) is 37.1. The Hall–Kier alpha value is -3.19. The molecular weight excluding hydrogens is 1080 g/mol. The average molecular weight is 1160 g/mol. The molecule has 5 aromatic rings. The van der Waals surface area contributed by atoms with Crippen LogP contribution in [0.2, 0.25) is 0 Å². The molecule has 4 aliphatic rings. The van der Waals surface area contributed by atoms with Gasteiger partial charge in [-0.1, -0.05) is 98.3 Å². The molecule has 80 heavy (non-hydrogen) atoms. The second-order valence-corrected chi connectivity index (χ2v) is 21.6. The molecule has 0 saturated carbocycles. The van der Waals surface area contributed by atoms with Gasteiger partial charge in [0.05, 0.1) is 18.6 Å². The zero-order valence-electron chi connectivity index (χ0n) is 49.7. The summed E-state index contributed by atoms with van der Waals surface area (Å²) >= 11 is 0. The minimum Gasteiger partial charge on any atom is -1.00 e. The van der Waals surface area contributed by atoms with Gasteiger partial charge >= 0.3 is 83.1 Å². The normalized spacial score (nSPS) is 14.6. The number of carbonyl (C=O) groups excluding carboxylic acids is 1. The first kappa shape index (κ1) is 83.3. The Labute approximate surface area is 536 Å². The van der Waals surface area contributed by atoms with E-state index in [9.17, 15) is 24.9 Å². The Kier molecular flexibility index (Phi) is 41.0. The van der Waals surface area contributed by atoms with Crippen LogP contribution in [-0.2, 0) is 53.9 Å². The summed E-state index contributed by atoms with van der Waals surface area (Å²) in [7, 11) is -4.67. The Morgan fingerprint density at radius 1 is 0.662 bits per heavy atom. The van der Waals surface area contributed by atoms with E-state index >= 15 is 0 Å². The zero-order valence-corrected chi connectivity index (χ0v) is 51.7. The number of phenols is 1. The summed E-state index contributed by atoms with van der Waals surface area (Å²) in [5.74, 6) is 2.49. The van der Waals surface area contributed by atoms with Crippen molar-refractivity contribution in [2.24, 2.45) is 0 Å². The zero-order chi connectivity index (χ0) is 55.3. The molecular formula is C60H86AlClLi2MgO14S. The van der Waals surface area contributed by atoms with E-state index in [0.29, 0.717) is 30.8 Å². The smallest absolute Gasteiger partial charge is 1.00 e. The molecule has 6 N–H and O–H groups in total. The molecule has 5 aromatic carbocycles. The third-order valence-electron chi connectivity index (χ3n) is 11.9. The van der Waals surface area contributed by atoms with Gasteiger partial charge < -0.3 is 67.6 Å². The van der Waals surface area contributed by atoms with Crippen molar-refractivity contribution in [3.05, 3.63) is 162 Å². The monoisotopic (exact) mass is 1160 g/mol. The topological polar surface area (TPSA) is 227 Å². The predicted molar refractivity (Wildman–Crippen MR) is 312 cm³/mol. The fraction of sp³-hybridized carbons (Fsp3) is 0.433. The summed E-state index contributed by atoms with van der Waals surface area (Å²) < 4.78 is 54.0. The van der Waals surface area contributed by atoms with Crippen LogP contribution < -0.4 is 69.1 Å². The van der Waals surface area contributed by atoms with Gasteiger partial charge in [-0.2, -0.15) is 14.8 Å². The third kappa shape index (κ3) is 32.0. The van der Waals surface area contributed by atoms with Crippen LogP contribution >= 0.6 is 0 Å². The molecule has 0 radical (unpaired) electrons. The minimum absolute atomic E-state index is 0. The number of ether oxygens (including phenoxy) is 4. The number of phenolic OH excluding ortho intramolecular Hbond substituents is 1. The van der Waals surface area contributed by atoms with Gasteiger partial charge in [-0.15, -0.1) is 0 Å². The molecule has 430 valence electrons. The molecule has 4 aliphatic heterocycles. The number of esters is 1. The first-order valence-electron chi connectivity index (χ1n) is 25.0. The van der Waals surface area contributed by atoms with Crippen LogP contribution in [0.1, 0.15) is 152 Å². The average Bonchev–Trinajstić information content (AvgIpc) is 3.32. The number of hydrogen-bond acceptors (Lipinski definition) is 11. The summed E-state index contributed by atoms with van der Waals surface area (Å²) in [5.41, 5.74) is 5.74. The van der Waals surface area contributed by atoms with Crippen LogP contribution in [0, 0.1) is 14.4 Å². The summed E-state index contributed by atoms with van der Waals surface area (Å²) in [6.07, 6.45) is 11.1. The number of aliphatic hydroxyl groups is 2. The maximum Gasteiger partial charge on any atom is 2.00 e. The van der Waals surface area contributed by atoms with Gasteiger partial charge in [0.25, 0.3) is 0 Å². The number of hydrogen-bond donors (Lipinski definition) is 6. The van der Waals surface area contributed by atoms with E-state index in [-0.39, 0.29) is 134 Å². The van der Waals surface area contributed by atoms with Crippen LogP contribution in [0.25, 0.3) is 0 Å². The van der Waals surface area contributed by atoms with Crippen LogP contribution in [-0.4, -0.2) is 113 Å². The number of aryl methyl sites for hydroxylation is 5. The van der Waals surface area contributed by atoms with Crippen molar-refractivity contribution in [3.63, 3.8) is 0 Å². The largest absolute Gasteiger partial charge is 2.00 e. The molecule has 4 heterocycles. The minimum atomic E-state index is -4.67. The number of aromatic carboxylic acids is 1. The maximum atomic E-state index is 11.0. The van der Waals surface area contributed by atoms with E-state index in [0.717, 1.165) is 90.9 Å². The Morgan fingerprint density at radius 3 is 1.55 bits per heavy atom. The molecule has 9 rings (SSSR count). The number of rotatable bonds is 6. The number of halogens is 1. The van der Waals surface area contributed by atoms with Gasteiger partial charge in [0.2, 0.25) is 0 Å². The first-order chi connectivity index (χ1) is 34.6. The summed E-state index contributed by atoms with van der Waals surface area (Å²) in [6.45, 7) is 21.7. The van der Waals surface area contributed by atoms with Gasteiger partial charge in [-0.25, -0.2) is 4.79 Å². The van der Waals surface area contributed by atoms with Gasteiger partial charge in [-0.05, 0) is 165 Å². The Balaban J connectivity index is -0.000000281. The Morgan fingerprint density at radius 2 is 1.06 bits per heavy atom. The second kappa shape index (κ2) is 39.4. The predicted octanol–water partition coefficient (Wildman–Crippen LogP) is 2.17. The van der Waals surface area contributed by atoms with Crippen molar-refractivity contribution < 1.29 is 118 Å². The fourth-order valence-corrected chi connectivity index (χ4v) is 7.66. The molecule has 0 unspecified atom stereocenters. The fourth-order valence-electron chi connectivity index (χ4n) is 7.66. The molecule has 0 atom stereocenters. The van der Waals surface area contributed by atoms with Crippen molar-refractivity contribution in [3.8, 4) is 28.7 Å². The second-order valence-electron chi connectivity index (χ2n) is 20.7. The van der Waals surface area contributed by atoms with E-state index in [4.69, 9.17) is 41.6 Å². The van der Waals surface area contributed by atoms with E-state index in [1.165, 1.54) is 17.5 Å². The molecule has 14 nitrogen and oxygen atoms in total. The van der Waals surface area contributed by atoms with E-state index < -0.39 is 22.0 Å². The van der Waals surface area contributed by atoms with E-state index in [1.54, 1.807) is 38.1 Å². The van der Waals surface area contributed by atoms with Crippen molar-refractivity contribution >= 4 is 62.8 Å². The SMILES string of the molecule is CC(C)(O)CCc1ccccc1O.CC1(C)CCc2cccc(C(=O)O)c2O1.CC1(C)CCc2cccc(CO)c2O1.CC1(C)CCc2ccccc2O1.O=C1CCc2ccccc2O1.O=S(=O)(O)O.[AlH3].[CH2-]CCC.[CH3-].[Cl-].[H-].[Li+].[Li+].[Mg+2]. The van der Waals surface area contributed by atoms with Crippen molar-refractivity contribution in [2.75, 3.05) is 0 Å². The molecule has 0 spiro atoms. The number of carbonyl (C=O) groups is 2. The standard InChI is InChI=1S/C12H14O3.C12H16O2.C11H16O2.C11H14O.C9H8O2.C4H9.CH3.Al.ClH.2Li.Mg.H2O4S.4H/c1-12(2)7-6-8-4-3-5-9(11(13)14)10(8)15-12;1-12(2)7-6-9-4-3-5-10(8-13)11(9)14-12;1-11(2,13)8-7-9-5-3-4-6-10(9)12;1-11(2)8-7-9-5-3-4-6-10(9)12-11;10-9-6-5-7-3-1-2-4-8(7)11-9;1-3-4-2;;;;;;;1-5(2,3)4;;;;/h3-5H,6-7H2,1-2H3,(H,13,14);3-5,13H,6-8H2,1-2H3;3-6,12-13H,7-8H2,1-2H3;3-6H,7-8H2,1-2H3;1-4H,5-6H2;1,3-4H2,2H3;1H3;;1H;;;;(H2,1,2,3,4);;;;/q;;;;;2*-1;;;2*+1;+2;;;;;-1/p-1. The van der Waals surface area contributed by atoms with Gasteiger partial charge in [0, 0.05) is 5.56 Å². The van der Waals surface area contributed by atoms with E-state index in [2.05, 4.69) is 65.8 Å². The molecule has 0 saturated heterocycles. The molecule has 0 bridgehead atoms. The first-order valence-corrected chi connectivity index (χ1v) is 26.4. The van der Waals surface area contributed by atoms with Crippen LogP contribution in [0.4, 0.5) is 0 Å². The molecule has 0 fully saturated rings. The molecule has 0 amide bonds.